The maximum absolute atomic E-state index is 12.6. The van der Waals surface area contributed by atoms with Crippen LogP contribution >= 0.6 is 11.6 Å². The number of pyridine rings is 1. The number of rotatable bonds is 3. The molecular weight excluding hydrogens is 332 g/mol. The van der Waals surface area contributed by atoms with Gasteiger partial charge in [-0.25, -0.2) is 4.98 Å². The van der Waals surface area contributed by atoms with Crippen LogP contribution in [0.15, 0.2) is 6.07 Å². The van der Waals surface area contributed by atoms with Crippen LogP contribution in [0.4, 0.5) is 26.3 Å². The van der Waals surface area contributed by atoms with E-state index in [0.717, 1.165) is 7.11 Å². The Balaban J connectivity index is 3.35. The molecule has 0 fully saturated rings. The maximum Gasteiger partial charge on any atom is 0.573 e. The molecule has 0 N–H and O–H groups in total. The van der Waals surface area contributed by atoms with Crippen molar-refractivity contribution in [2.45, 2.75) is 19.0 Å². The average molecular weight is 338 g/mol. The van der Waals surface area contributed by atoms with Crippen molar-refractivity contribution in [3.63, 3.8) is 0 Å². The predicted octanol–water partition coefficient (Wildman–Crippen LogP) is 3.37. The van der Waals surface area contributed by atoms with Gasteiger partial charge in [0.25, 0.3) is 0 Å². The second kappa shape index (κ2) is 5.96. The van der Waals surface area contributed by atoms with Crippen LogP contribution in [-0.4, -0.2) is 24.4 Å². The monoisotopic (exact) mass is 337 g/mol. The van der Waals surface area contributed by atoms with Crippen molar-refractivity contribution in [1.29, 1.82) is 0 Å². The Morgan fingerprint density at radius 1 is 1.29 bits per heavy atom. The first-order chi connectivity index (χ1) is 9.44. The molecule has 11 heteroatoms. The summed E-state index contributed by atoms with van der Waals surface area (Å²) in [4.78, 5) is 14.0. The lowest BCUT2D eigenvalue weighted by Crippen LogP contribution is -2.20. The van der Waals surface area contributed by atoms with E-state index in [2.05, 4.69) is 14.5 Å². The van der Waals surface area contributed by atoms with E-state index in [9.17, 15) is 31.1 Å². The summed E-state index contributed by atoms with van der Waals surface area (Å²) >= 11 is 5.48. The van der Waals surface area contributed by atoms with Gasteiger partial charge in [0.1, 0.15) is 10.7 Å². The molecule has 0 aliphatic rings. The highest BCUT2D eigenvalue weighted by atomic mass is 35.5. The van der Waals surface area contributed by atoms with Gasteiger partial charge >= 0.3 is 18.5 Å². The second-order valence-electron chi connectivity index (χ2n) is 3.56. The Labute approximate surface area is 118 Å². The lowest BCUT2D eigenvalue weighted by atomic mass is 10.2. The molecule has 0 unspecified atom stereocenters. The van der Waals surface area contributed by atoms with Gasteiger partial charge in [-0.1, -0.05) is 11.6 Å². The molecule has 0 atom stereocenters. The van der Waals surface area contributed by atoms with E-state index in [0.29, 0.717) is 0 Å². The Morgan fingerprint density at radius 2 is 1.86 bits per heavy atom. The van der Waals surface area contributed by atoms with E-state index in [1.54, 1.807) is 0 Å². The normalized spacial score (nSPS) is 12.2. The molecule has 0 amide bonds. The molecule has 0 spiro atoms. The number of aromatic nitrogens is 1. The van der Waals surface area contributed by atoms with E-state index in [1.165, 1.54) is 0 Å². The highest BCUT2D eigenvalue weighted by Gasteiger charge is 2.38. The molecule has 1 heterocycles. The predicted molar refractivity (Wildman–Crippen MR) is 56.7 cm³/mol. The van der Waals surface area contributed by atoms with Crippen molar-refractivity contribution in [3.05, 3.63) is 22.5 Å². The molecular formula is C10H6ClF6NO3. The summed E-state index contributed by atoms with van der Waals surface area (Å²) < 4.78 is 81.7. The molecule has 0 saturated heterocycles. The third-order valence-corrected chi connectivity index (χ3v) is 2.45. The minimum atomic E-state index is -5.25. The summed E-state index contributed by atoms with van der Waals surface area (Å²) in [7, 11) is 0.941. The van der Waals surface area contributed by atoms with E-state index >= 15 is 0 Å². The first-order valence-corrected chi connectivity index (χ1v) is 5.41. The van der Waals surface area contributed by atoms with Crippen molar-refractivity contribution >= 4 is 17.6 Å². The Hall–Kier alpha value is -1.71. The summed E-state index contributed by atoms with van der Waals surface area (Å²) in [5, 5.41) is -0.856. The maximum atomic E-state index is 12.6. The van der Waals surface area contributed by atoms with Gasteiger partial charge in [-0.15, -0.1) is 13.2 Å². The summed E-state index contributed by atoms with van der Waals surface area (Å²) in [6, 6.07) is -0.00337. The van der Waals surface area contributed by atoms with Gasteiger partial charge in [0.15, 0.2) is 5.75 Å². The van der Waals surface area contributed by atoms with Crippen LogP contribution < -0.4 is 4.74 Å². The quantitative estimate of drug-likeness (QED) is 0.627. The molecule has 0 aliphatic carbocycles. The van der Waals surface area contributed by atoms with E-state index < -0.39 is 47.1 Å². The fraction of sp³-hybridized carbons (Fsp3) is 0.400. The lowest BCUT2D eigenvalue weighted by molar-refractivity contribution is -0.274. The number of alkyl halides is 6. The van der Waals surface area contributed by atoms with Crippen molar-refractivity contribution in [2.75, 3.05) is 7.11 Å². The van der Waals surface area contributed by atoms with Crippen molar-refractivity contribution < 1.29 is 40.6 Å². The number of esters is 1. The minimum absolute atomic E-state index is 0.00337. The van der Waals surface area contributed by atoms with Crippen LogP contribution in [-0.2, 0) is 22.1 Å². The molecule has 1 rings (SSSR count). The number of halogens is 7. The summed E-state index contributed by atoms with van der Waals surface area (Å²) in [6.45, 7) is 0. The zero-order valence-corrected chi connectivity index (χ0v) is 10.9. The number of nitrogens with zero attached hydrogens (tertiary/aromatic N) is 1. The third-order valence-electron chi connectivity index (χ3n) is 2.05. The van der Waals surface area contributed by atoms with Gasteiger partial charge in [-0.05, 0) is 0 Å². The van der Waals surface area contributed by atoms with Gasteiger partial charge < -0.3 is 9.47 Å². The molecule has 0 aliphatic heterocycles. The van der Waals surface area contributed by atoms with Crippen molar-refractivity contribution in [1.82, 2.24) is 4.98 Å². The van der Waals surface area contributed by atoms with Crippen LogP contribution in [0.3, 0.4) is 0 Å². The van der Waals surface area contributed by atoms with Gasteiger partial charge in [0.2, 0.25) is 0 Å². The molecule has 1 aromatic rings. The number of carbonyl (C=O) groups is 1. The number of methoxy groups -OCH3 is 1. The fourth-order valence-corrected chi connectivity index (χ4v) is 1.43. The fourth-order valence-electron chi connectivity index (χ4n) is 1.23. The molecule has 1 aromatic heterocycles. The average Bonchev–Trinajstić information content (AvgIpc) is 2.30. The molecule has 0 radical (unpaired) electrons. The number of ether oxygens (including phenoxy) is 2. The second-order valence-corrected chi connectivity index (χ2v) is 3.94. The standard InChI is InChI=1S/C10H6ClF6NO3/c1-20-7(19)2-4-8(11)5(21-10(15,16)17)3-6(18-4)9(12,13)14/h3H,2H2,1H3. The Bertz CT molecular complexity index is 543. The van der Waals surface area contributed by atoms with Crippen LogP contribution in [0.5, 0.6) is 5.75 Å². The molecule has 0 bridgehead atoms. The van der Waals surface area contributed by atoms with Crippen LogP contribution in [0.25, 0.3) is 0 Å². The minimum Gasteiger partial charge on any atom is -0.469 e. The zero-order valence-electron chi connectivity index (χ0n) is 10.1. The Kier molecular flexibility index (Phi) is 4.92. The number of hydrogen-bond donors (Lipinski definition) is 0. The smallest absolute Gasteiger partial charge is 0.469 e. The zero-order chi connectivity index (χ0) is 16.4. The molecule has 4 nitrogen and oxygen atoms in total. The molecule has 0 aromatic carbocycles. The highest BCUT2D eigenvalue weighted by Crippen LogP contribution is 2.37. The molecule has 0 saturated carbocycles. The number of hydrogen-bond acceptors (Lipinski definition) is 4. The van der Waals surface area contributed by atoms with Crippen LogP contribution in [0.1, 0.15) is 11.4 Å². The topological polar surface area (TPSA) is 48.4 Å². The van der Waals surface area contributed by atoms with Crippen molar-refractivity contribution in [2.24, 2.45) is 0 Å². The van der Waals surface area contributed by atoms with Gasteiger partial charge in [0.05, 0.1) is 19.2 Å². The first-order valence-electron chi connectivity index (χ1n) is 5.03. The highest BCUT2D eigenvalue weighted by molar-refractivity contribution is 6.32. The summed E-state index contributed by atoms with van der Waals surface area (Å²) in [6.07, 6.45) is -11.1. The van der Waals surface area contributed by atoms with Crippen LogP contribution in [0, 0.1) is 0 Å². The number of carbonyl (C=O) groups excluding carboxylic acids is 1. The molecule has 21 heavy (non-hydrogen) atoms. The largest absolute Gasteiger partial charge is 0.573 e. The van der Waals surface area contributed by atoms with Gasteiger partial charge in [-0.2, -0.15) is 13.2 Å². The molecule has 118 valence electrons. The van der Waals surface area contributed by atoms with E-state index in [1.807, 2.05) is 0 Å². The first kappa shape index (κ1) is 17.3. The van der Waals surface area contributed by atoms with Crippen molar-refractivity contribution in [3.8, 4) is 5.75 Å². The lowest BCUT2D eigenvalue weighted by Gasteiger charge is -2.15. The van der Waals surface area contributed by atoms with Gasteiger partial charge in [-0.3, -0.25) is 4.79 Å². The van der Waals surface area contributed by atoms with E-state index in [-0.39, 0.29) is 6.07 Å². The SMILES string of the molecule is COC(=O)Cc1nc(C(F)(F)F)cc(OC(F)(F)F)c1Cl. The van der Waals surface area contributed by atoms with Crippen LogP contribution in [0.2, 0.25) is 5.02 Å². The summed E-state index contributed by atoms with van der Waals surface area (Å²) in [5.41, 5.74) is -2.41. The third kappa shape index (κ3) is 4.96. The van der Waals surface area contributed by atoms with Gasteiger partial charge in [0, 0.05) is 6.07 Å². The van der Waals surface area contributed by atoms with E-state index in [4.69, 9.17) is 11.6 Å². The Morgan fingerprint density at radius 3 is 2.29 bits per heavy atom. The summed E-state index contributed by atoms with van der Waals surface area (Å²) in [5.74, 6) is -2.33.